The molecule has 1 unspecified atom stereocenters. The van der Waals surface area contributed by atoms with Crippen LogP contribution in [0.1, 0.15) is 17.2 Å². The van der Waals surface area contributed by atoms with Gasteiger partial charge in [0.05, 0.1) is 20.9 Å². The number of hydrogen-bond acceptors (Lipinski definition) is 3. The summed E-state index contributed by atoms with van der Waals surface area (Å²) in [6, 6.07) is 7.78. The predicted molar refractivity (Wildman–Crippen MR) is 86.2 cm³/mol. The predicted octanol–water partition coefficient (Wildman–Crippen LogP) is 2.75. The van der Waals surface area contributed by atoms with Gasteiger partial charge in [-0.1, -0.05) is 6.07 Å². The Labute approximate surface area is 128 Å². The number of imidazole rings is 1. The van der Waals surface area contributed by atoms with Crippen LogP contribution in [-0.4, -0.2) is 9.13 Å². The molecule has 2 aromatic heterocycles. The van der Waals surface area contributed by atoms with Crippen molar-refractivity contribution in [1.82, 2.24) is 9.13 Å². The third-order valence-corrected chi connectivity index (χ3v) is 5.12. The van der Waals surface area contributed by atoms with Gasteiger partial charge >= 0.3 is 5.69 Å². The van der Waals surface area contributed by atoms with E-state index < -0.39 is 0 Å². The van der Waals surface area contributed by atoms with Gasteiger partial charge in [-0.15, -0.1) is 11.3 Å². The van der Waals surface area contributed by atoms with Gasteiger partial charge in [-0.25, -0.2) is 4.79 Å². The lowest BCUT2D eigenvalue weighted by Gasteiger charge is -2.11. The number of nitrogens with two attached hydrogens (primary N) is 1. The average molecular weight is 352 g/mol. The van der Waals surface area contributed by atoms with Crippen LogP contribution in [0.15, 0.2) is 38.2 Å². The second kappa shape index (κ2) is 4.87. The van der Waals surface area contributed by atoms with Gasteiger partial charge in [0, 0.05) is 14.1 Å². The zero-order valence-corrected chi connectivity index (χ0v) is 13.5. The van der Waals surface area contributed by atoms with Crippen LogP contribution >= 0.6 is 27.3 Å². The summed E-state index contributed by atoms with van der Waals surface area (Å²) < 4.78 is 4.36. The van der Waals surface area contributed by atoms with Gasteiger partial charge in [0.15, 0.2) is 0 Å². The van der Waals surface area contributed by atoms with Crippen molar-refractivity contribution in [2.45, 2.75) is 6.04 Å². The number of aromatic nitrogens is 2. The largest absolute Gasteiger partial charge is 0.328 e. The number of rotatable bonds is 2. The minimum atomic E-state index is -0.183. The van der Waals surface area contributed by atoms with Crippen molar-refractivity contribution in [3.05, 3.63) is 55.0 Å². The third-order valence-electron chi connectivity index (χ3n) is 3.60. The first-order valence-electron chi connectivity index (χ1n) is 6.14. The van der Waals surface area contributed by atoms with Crippen LogP contribution in [0.4, 0.5) is 0 Å². The van der Waals surface area contributed by atoms with Crippen molar-refractivity contribution >= 4 is 38.3 Å². The third kappa shape index (κ3) is 2.04. The van der Waals surface area contributed by atoms with Gasteiger partial charge in [-0.3, -0.25) is 9.13 Å². The van der Waals surface area contributed by atoms with Gasteiger partial charge in [0.25, 0.3) is 0 Å². The van der Waals surface area contributed by atoms with E-state index in [0.717, 1.165) is 25.9 Å². The Morgan fingerprint density at radius 2 is 1.85 bits per heavy atom. The van der Waals surface area contributed by atoms with Crippen LogP contribution < -0.4 is 11.4 Å². The first-order chi connectivity index (χ1) is 9.49. The standard InChI is InChI=1S/C14H14BrN3OS/c1-17-10-4-3-8(5-11(10)18(2)14(17)19)13(16)9-6-12(15)20-7-9/h3-7,13H,16H2,1-2H3. The van der Waals surface area contributed by atoms with Crippen LogP contribution in [0, 0.1) is 0 Å². The van der Waals surface area contributed by atoms with Crippen molar-refractivity contribution in [1.29, 1.82) is 0 Å². The van der Waals surface area contributed by atoms with Crippen LogP contribution in [0.3, 0.4) is 0 Å². The lowest BCUT2D eigenvalue weighted by molar-refractivity contribution is 0.795. The average Bonchev–Trinajstić information content (AvgIpc) is 2.97. The van der Waals surface area contributed by atoms with Gasteiger partial charge < -0.3 is 5.73 Å². The molecule has 0 aliphatic rings. The fourth-order valence-electron chi connectivity index (χ4n) is 2.40. The van der Waals surface area contributed by atoms with Gasteiger partial charge in [0.2, 0.25) is 0 Å². The van der Waals surface area contributed by atoms with Crippen LogP contribution in [-0.2, 0) is 14.1 Å². The lowest BCUT2D eigenvalue weighted by Crippen LogP contribution is -2.19. The summed E-state index contributed by atoms with van der Waals surface area (Å²) in [6.45, 7) is 0. The van der Waals surface area contributed by atoms with E-state index in [2.05, 4.69) is 15.9 Å². The molecule has 0 radical (unpaired) electrons. The summed E-state index contributed by atoms with van der Waals surface area (Å²) >= 11 is 5.07. The summed E-state index contributed by atoms with van der Waals surface area (Å²) in [6.07, 6.45) is 0. The maximum absolute atomic E-state index is 11.9. The molecule has 0 amide bonds. The molecule has 0 aliphatic heterocycles. The Kier molecular flexibility index (Phi) is 3.32. The first-order valence-corrected chi connectivity index (χ1v) is 7.81. The molecule has 104 valence electrons. The summed E-state index contributed by atoms with van der Waals surface area (Å²) in [7, 11) is 3.56. The quantitative estimate of drug-likeness (QED) is 0.771. The highest BCUT2D eigenvalue weighted by Gasteiger charge is 2.14. The molecule has 3 aromatic rings. The van der Waals surface area contributed by atoms with Crippen molar-refractivity contribution < 1.29 is 0 Å². The van der Waals surface area contributed by atoms with E-state index in [-0.39, 0.29) is 11.7 Å². The SMILES string of the molecule is Cn1c(=O)n(C)c2cc(C(N)c3csc(Br)c3)ccc21. The molecule has 6 heteroatoms. The molecule has 1 aromatic carbocycles. The van der Waals surface area contributed by atoms with Crippen LogP contribution in [0.5, 0.6) is 0 Å². The molecule has 0 bridgehead atoms. The maximum Gasteiger partial charge on any atom is 0.328 e. The lowest BCUT2D eigenvalue weighted by atomic mass is 10.0. The summed E-state index contributed by atoms with van der Waals surface area (Å²) in [5.41, 5.74) is 10.2. The zero-order chi connectivity index (χ0) is 14.4. The number of thiophene rings is 1. The van der Waals surface area contributed by atoms with Crippen LogP contribution in [0.2, 0.25) is 0 Å². The van der Waals surface area contributed by atoms with E-state index in [0.29, 0.717) is 0 Å². The molecule has 1 atom stereocenters. The first kappa shape index (κ1) is 13.6. The van der Waals surface area contributed by atoms with E-state index in [1.807, 2.05) is 29.6 Å². The Hall–Kier alpha value is -1.37. The molecule has 0 aliphatic carbocycles. The van der Waals surface area contributed by atoms with Crippen LogP contribution in [0.25, 0.3) is 11.0 Å². The number of aryl methyl sites for hydroxylation is 2. The molecule has 2 heterocycles. The van der Waals surface area contributed by atoms with Crippen molar-refractivity contribution in [2.75, 3.05) is 0 Å². The molecule has 20 heavy (non-hydrogen) atoms. The van der Waals surface area contributed by atoms with Crippen molar-refractivity contribution in [3.8, 4) is 0 Å². The number of benzene rings is 1. The normalized spacial score (nSPS) is 13.0. The molecule has 0 saturated carbocycles. The second-order valence-electron chi connectivity index (χ2n) is 4.81. The van der Waals surface area contributed by atoms with Gasteiger partial charge in [-0.2, -0.15) is 0 Å². The van der Waals surface area contributed by atoms with Crippen molar-refractivity contribution in [3.63, 3.8) is 0 Å². The minimum absolute atomic E-state index is 0.0241. The molecule has 4 nitrogen and oxygen atoms in total. The summed E-state index contributed by atoms with van der Waals surface area (Å²) in [5, 5.41) is 2.04. The zero-order valence-electron chi connectivity index (χ0n) is 11.1. The summed E-state index contributed by atoms with van der Waals surface area (Å²) in [4.78, 5) is 11.9. The fourth-order valence-corrected chi connectivity index (χ4v) is 3.61. The second-order valence-corrected chi connectivity index (χ2v) is 7.10. The molecule has 0 spiro atoms. The highest BCUT2D eigenvalue weighted by Crippen LogP contribution is 2.29. The molecule has 3 rings (SSSR count). The van der Waals surface area contributed by atoms with Crippen molar-refractivity contribution in [2.24, 2.45) is 19.8 Å². The molecular weight excluding hydrogens is 338 g/mol. The number of nitrogens with zero attached hydrogens (tertiary/aromatic N) is 2. The Bertz CT molecular complexity index is 846. The molecule has 0 fully saturated rings. The Morgan fingerprint density at radius 1 is 1.15 bits per heavy atom. The van der Waals surface area contributed by atoms with E-state index in [4.69, 9.17) is 5.73 Å². The maximum atomic E-state index is 11.9. The topological polar surface area (TPSA) is 53.0 Å². The summed E-state index contributed by atoms with van der Waals surface area (Å²) in [5.74, 6) is 0. The smallest absolute Gasteiger partial charge is 0.320 e. The van der Waals surface area contributed by atoms with Gasteiger partial charge in [0.1, 0.15) is 0 Å². The highest BCUT2D eigenvalue weighted by atomic mass is 79.9. The van der Waals surface area contributed by atoms with Gasteiger partial charge in [-0.05, 0) is 50.6 Å². The molecule has 2 N–H and O–H groups in total. The van der Waals surface area contributed by atoms with E-state index in [9.17, 15) is 4.79 Å². The van der Waals surface area contributed by atoms with E-state index >= 15 is 0 Å². The number of halogens is 1. The molecular formula is C14H14BrN3OS. The van der Waals surface area contributed by atoms with E-state index in [1.165, 1.54) is 0 Å². The Balaban J connectivity index is 2.14. The molecule has 0 saturated heterocycles. The number of fused-ring (bicyclic) bond motifs is 1. The minimum Gasteiger partial charge on any atom is -0.320 e. The fraction of sp³-hybridized carbons (Fsp3) is 0.214. The number of hydrogen-bond donors (Lipinski definition) is 1. The monoisotopic (exact) mass is 351 g/mol. The van der Waals surface area contributed by atoms with E-state index in [1.54, 1.807) is 34.6 Å². The highest BCUT2D eigenvalue weighted by molar-refractivity contribution is 9.11. The Morgan fingerprint density at radius 3 is 2.50 bits per heavy atom.